The monoisotopic (exact) mass is 388 g/mol. The van der Waals surface area contributed by atoms with Crippen LogP contribution in [0.25, 0.3) is 0 Å². The van der Waals surface area contributed by atoms with E-state index in [2.05, 4.69) is 5.32 Å². The van der Waals surface area contributed by atoms with E-state index in [0.29, 0.717) is 17.9 Å². The third-order valence-electron chi connectivity index (χ3n) is 3.93. The third-order valence-corrected chi connectivity index (χ3v) is 3.93. The van der Waals surface area contributed by atoms with Crippen LogP contribution < -0.4 is 5.32 Å². The van der Waals surface area contributed by atoms with Crippen LogP contribution in [0.1, 0.15) is 30.6 Å². The summed E-state index contributed by atoms with van der Waals surface area (Å²) in [6.45, 7) is 1.82. The van der Waals surface area contributed by atoms with Crippen molar-refractivity contribution in [3.63, 3.8) is 0 Å². The summed E-state index contributed by atoms with van der Waals surface area (Å²) < 4.78 is 24.8. The maximum Gasteiger partial charge on any atom is 0.412 e. The summed E-state index contributed by atoms with van der Waals surface area (Å²) in [4.78, 5) is 12.4. The second-order valence-corrected chi connectivity index (χ2v) is 5.86. The Morgan fingerprint density at radius 3 is 2.57 bits per heavy atom. The van der Waals surface area contributed by atoms with Crippen LogP contribution in [0.5, 0.6) is 5.75 Å². The predicted octanol–water partition coefficient (Wildman–Crippen LogP) is 3.48. The van der Waals surface area contributed by atoms with Gasteiger partial charge in [0.05, 0.1) is 11.6 Å². The van der Waals surface area contributed by atoms with Crippen LogP contribution in [0.2, 0.25) is 0 Å². The Balaban J connectivity index is 2.22. The zero-order valence-electron chi connectivity index (χ0n) is 15.3. The smallest absolute Gasteiger partial charge is 0.412 e. The van der Waals surface area contributed by atoms with Gasteiger partial charge in [-0.3, -0.25) is 5.32 Å². The summed E-state index contributed by atoms with van der Waals surface area (Å²) in [6.07, 6.45) is -2.39. The van der Waals surface area contributed by atoms with Crippen LogP contribution >= 0.6 is 0 Å². The van der Waals surface area contributed by atoms with E-state index >= 15 is 0 Å². The Kier molecular flexibility index (Phi) is 7.75. The summed E-state index contributed by atoms with van der Waals surface area (Å²) in [5, 5.41) is 30.0. The zero-order chi connectivity index (χ0) is 20.5. The lowest BCUT2D eigenvalue weighted by Crippen LogP contribution is -2.29. The molecule has 1 amide bonds. The molecule has 2 rings (SSSR count). The van der Waals surface area contributed by atoms with Crippen molar-refractivity contribution >= 4 is 11.8 Å². The molecule has 0 spiro atoms. The van der Waals surface area contributed by atoms with Crippen molar-refractivity contribution in [3.8, 4) is 11.8 Å². The number of phenols is 1. The Morgan fingerprint density at radius 2 is 2.00 bits per heavy atom. The molecule has 2 aromatic carbocycles. The fourth-order valence-electron chi connectivity index (χ4n) is 2.61. The molecule has 0 aromatic heterocycles. The molecule has 28 heavy (non-hydrogen) atoms. The van der Waals surface area contributed by atoms with Gasteiger partial charge in [0.25, 0.3) is 0 Å². The van der Waals surface area contributed by atoms with Gasteiger partial charge < -0.3 is 19.7 Å². The van der Waals surface area contributed by atoms with E-state index in [4.69, 9.17) is 14.7 Å². The summed E-state index contributed by atoms with van der Waals surface area (Å²) in [7, 11) is 0. The molecule has 0 aliphatic heterocycles. The normalized spacial score (nSPS) is 12.6. The van der Waals surface area contributed by atoms with E-state index < -0.39 is 29.9 Å². The molecule has 8 heteroatoms. The highest BCUT2D eigenvalue weighted by Crippen LogP contribution is 2.29. The molecule has 2 atom stereocenters. The number of hydrogen-bond donors (Lipinski definition) is 3. The molecule has 0 saturated heterocycles. The standard InChI is InChI=1S/C20H21FN2O5/c1-2-27-18(9-10-24)19(14-5-8-17(25)16(21)11-14)28-20(26)23-15-6-3-13(12-22)4-7-15/h3-8,11,18-19,24-25H,2,9-10H2,1H3,(H,23,26)/t18-,19-/m1/s1. The summed E-state index contributed by atoms with van der Waals surface area (Å²) >= 11 is 0. The molecule has 0 radical (unpaired) electrons. The maximum atomic E-state index is 13.8. The number of benzene rings is 2. The van der Waals surface area contributed by atoms with E-state index in [1.54, 1.807) is 19.1 Å². The first-order chi connectivity index (χ1) is 13.5. The second-order valence-electron chi connectivity index (χ2n) is 5.86. The first-order valence-electron chi connectivity index (χ1n) is 8.67. The number of ether oxygens (including phenoxy) is 2. The second kappa shape index (κ2) is 10.3. The molecule has 0 fully saturated rings. The molecule has 0 aliphatic rings. The number of aromatic hydroxyl groups is 1. The van der Waals surface area contributed by atoms with Crippen molar-refractivity contribution < 1.29 is 28.9 Å². The van der Waals surface area contributed by atoms with Crippen molar-refractivity contribution in [3.05, 3.63) is 59.4 Å². The highest BCUT2D eigenvalue weighted by molar-refractivity contribution is 5.84. The molecular weight excluding hydrogens is 367 g/mol. The Bertz CT molecular complexity index is 829. The Labute approximate surface area is 161 Å². The number of aliphatic hydroxyl groups excluding tert-OH is 1. The number of nitrogens with one attached hydrogen (secondary N) is 1. The average Bonchev–Trinajstić information content (AvgIpc) is 2.69. The van der Waals surface area contributed by atoms with Crippen LogP contribution in [0.15, 0.2) is 42.5 Å². The first kappa shape index (κ1) is 21.2. The lowest BCUT2D eigenvalue weighted by Gasteiger charge is -2.27. The van der Waals surface area contributed by atoms with Crippen molar-refractivity contribution in [1.29, 1.82) is 5.26 Å². The number of nitrogens with zero attached hydrogens (tertiary/aromatic N) is 1. The van der Waals surface area contributed by atoms with Gasteiger partial charge >= 0.3 is 6.09 Å². The van der Waals surface area contributed by atoms with Gasteiger partial charge in [0.1, 0.15) is 6.10 Å². The van der Waals surface area contributed by atoms with Gasteiger partial charge in [-0.05, 0) is 48.9 Å². The molecule has 3 N–H and O–H groups in total. The summed E-state index contributed by atoms with van der Waals surface area (Å²) in [5.74, 6) is -1.39. The van der Waals surface area contributed by atoms with E-state index in [-0.39, 0.29) is 18.6 Å². The van der Waals surface area contributed by atoms with Crippen LogP contribution in [0, 0.1) is 17.1 Å². The Morgan fingerprint density at radius 1 is 1.29 bits per heavy atom. The molecule has 0 saturated carbocycles. The van der Waals surface area contributed by atoms with Gasteiger partial charge in [0, 0.05) is 25.3 Å². The molecule has 7 nitrogen and oxygen atoms in total. The lowest BCUT2D eigenvalue weighted by molar-refractivity contribution is -0.0485. The van der Waals surface area contributed by atoms with E-state index in [1.807, 2.05) is 6.07 Å². The fourth-order valence-corrected chi connectivity index (χ4v) is 2.61. The largest absolute Gasteiger partial charge is 0.505 e. The van der Waals surface area contributed by atoms with Crippen molar-refractivity contribution in [1.82, 2.24) is 0 Å². The topological polar surface area (TPSA) is 112 Å². The van der Waals surface area contributed by atoms with Crippen LogP contribution in [0.3, 0.4) is 0 Å². The van der Waals surface area contributed by atoms with E-state index in [1.165, 1.54) is 18.2 Å². The number of halogens is 1. The minimum atomic E-state index is -1.01. The summed E-state index contributed by atoms with van der Waals surface area (Å²) in [5.41, 5.74) is 1.13. The number of aliphatic hydroxyl groups is 1. The first-order valence-corrected chi connectivity index (χ1v) is 8.67. The number of rotatable bonds is 8. The number of amides is 1. The zero-order valence-corrected chi connectivity index (χ0v) is 15.3. The Hall–Kier alpha value is -3.15. The van der Waals surface area contributed by atoms with Crippen molar-refractivity contribution in [2.75, 3.05) is 18.5 Å². The lowest BCUT2D eigenvalue weighted by atomic mass is 10.0. The molecule has 148 valence electrons. The molecule has 0 unspecified atom stereocenters. The highest BCUT2D eigenvalue weighted by atomic mass is 19.1. The van der Waals surface area contributed by atoms with Crippen LogP contribution in [-0.2, 0) is 9.47 Å². The van der Waals surface area contributed by atoms with E-state index in [9.17, 15) is 19.4 Å². The third kappa shape index (κ3) is 5.67. The minimum absolute atomic E-state index is 0.158. The van der Waals surface area contributed by atoms with Gasteiger partial charge in [-0.15, -0.1) is 0 Å². The van der Waals surface area contributed by atoms with Crippen molar-refractivity contribution in [2.24, 2.45) is 0 Å². The van der Waals surface area contributed by atoms with Gasteiger partial charge in [-0.1, -0.05) is 6.07 Å². The highest BCUT2D eigenvalue weighted by Gasteiger charge is 2.28. The molecule has 2 aromatic rings. The minimum Gasteiger partial charge on any atom is -0.505 e. The van der Waals surface area contributed by atoms with Gasteiger partial charge in [-0.25, -0.2) is 9.18 Å². The molecule has 0 aliphatic carbocycles. The SMILES string of the molecule is CCO[C@H](CCO)[C@H](OC(=O)Nc1ccc(C#N)cc1)c1ccc(O)c(F)c1. The van der Waals surface area contributed by atoms with Gasteiger partial charge in [0.15, 0.2) is 17.7 Å². The number of carbonyl (C=O) groups is 1. The number of anilines is 1. The van der Waals surface area contributed by atoms with Crippen molar-refractivity contribution in [2.45, 2.75) is 25.6 Å². The number of nitriles is 1. The van der Waals surface area contributed by atoms with Gasteiger partial charge in [0.2, 0.25) is 0 Å². The van der Waals surface area contributed by atoms with Crippen LogP contribution in [0.4, 0.5) is 14.9 Å². The molecule has 0 bridgehead atoms. The fraction of sp³-hybridized carbons (Fsp3) is 0.300. The number of carbonyl (C=O) groups excluding carboxylic acids is 1. The maximum absolute atomic E-state index is 13.8. The molecule has 0 heterocycles. The number of hydrogen-bond acceptors (Lipinski definition) is 6. The molecular formula is C20H21FN2O5. The van der Waals surface area contributed by atoms with E-state index in [0.717, 1.165) is 12.1 Å². The quantitative estimate of drug-likeness (QED) is 0.638. The average molecular weight is 388 g/mol. The number of phenolic OH excluding ortho intramolecular Hbond substituents is 1. The van der Waals surface area contributed by atoms with Gasteiger partial charge in [-0.2, -0.15) is 5.26 Å². The van der Waals surface area contributed by atoms with Crippen LogP contribution in [-0.4, -0.2) is 35.6 Å². The predicted molar refractivity (Wildman–Crippen MR) is 99.2 cm³/mol. The summed E-state index contributed by atoms with van der Waals surface area (Å²) in [6, 6.07) is 11.8.